The lowest BCUT2D eigenvalue weighted by atomic mass is 10.1. The van der Waals surface area contributed by atoms with Crippen LogP contribution in [0.15, 0.2) is 47.8 Å². The Kier molecular flexibility index (Phi) is 7.15. The van der Waals surface area contributed by atoms with Gasteiger partial charge in [-0.15, -0.1) is 0 Å². The molecule has 0 spiro atoms. The van der Waals surface area contributed by atoms with E-state index in [0.29, 0.717) is 41.7 Å². The number of nitrogens with one attached hydrogen (secondary N) is 2. The Bertz CT molecular complexity index is 1510. The zero-order chi connectivity index (χ0) is 26.8. The maximum atomic E-state index is 14.2. The van der Waals surface area contributed by atoms with Crippen molar-refractivity contribution in [3.8, 4) is 22.8 Å². The number of aryl methyl sites for hydroxylation is 2. The highest BCUT2D eigenvalue weighted by Crippen LogP contribution is 2.32. The van der Waals surface area contributed by atoms with Crippen LogP contribution in [0.5, 0.6) is 11.6 Å². The number of nitrogens with zero attached hydrogens (tertiary/aromatic N) is 4. The van der Waals surface area contributed by atoms with Crippen molar-refractivity contribution in [2.24, 2.45) is 10.7 Å². The Labute approximate surface area is 220 Å². The third kappa shape index (κ3) is 4.99. The first kappa shape index (κ1) is 25.5. The van der Waals surface area contributed by atoms with Gasteiger partial charge in [0.1, 0.15) is 5.84 Å². The zero-order valence-corrected chi connectivity index (χ0v) is 21.8. The second-order valence-electron chi connectivity index (χ2n) is 9.49. The van der Waals surface area contributed by atoms with Crippen molar-refractivity contribution in [2.45, 2.75) is 39.2 Å². The van der Waals surface area contributed by atoms with E-state index in [4.69, 9.17) is 10.5 Å². The van der Waals surface area contributed by atoms with Crippen LogP contribution in [0.2, 0.25) is 0 Å². The zero-order valence-electron chi connectivity index (χ0n) is 21.8. The minimum absolute atomic E-state index is 0.201. The minimum atomic E-state index is -0.743. The van der Waals surface area contributed by atoms with E-state index in [1.807, 2.05) is 32.2 Å². The molecule has 1 aliphatic rings. The molecule has 1 saturated heterocycles. The summed E-state index contributed by atoms with van der Waals surface area (Å²) in [4.78, 5) is 8.94. The van der Waals surface area contributed by atoms with Crippen molar-refractivity contribution in [1.29, 1.82) is 0 Å². The topological polar surface area (TPSA) is 122 Å². The van der Waals surface area contributed by atoms with E-state index >= 15 is 0 Å². The van der Waals surface area contributed by atoms with E-state index in [-0.39, 0.29) is 5.84 Å². The van der Waals surface area contributed by atoms with E-state index in [9.17, 15) is 9.50 Å². The summed E-state index contributed by atoms with van der Waals surface area (Å²) in [5, 5.41) is 21.5. The van der Waals surface area contributed by atoms with E-state index < -0.39 is 11.6 Å². The molecule has 198 valence electrons. The predicted molar refractivity (Wildman–Crippen MR) is 147 cm³/mol. The minimum Gasteiger partial charge on any atom is -0.505 e. The Balaban J connectivity index is 1.61. The molecule has 0 saturated carbocycles. The van der Waals surface area contributed by atoms with Gasteiger partial charge in [0, 0.05) is 48.2 Å². The van der Waals surface area contributed by atoms with Crippen molar-refractivity contribution in [3.05, 3.63) is 65.4 Å². The summed E-state index contributed by atoms with van der Waals surface area (Å²) < 4.78 is 21.2. The lowest BCUT2D eigenvalue weighted by Crippen LogP contribution is -2.30. The number of phenols is 1. The lowest BCUT2D eigenvalue weighted by Gasteiger charge is -2.17. The highest BCUT2D eigenvalue weighted by atomic mass is 19.1. The number of anilines is 1. The Hall–Kier alpha value is -4.18. The molecule has 1 fully saturated rings. The number of halogens is 1. The van der Waals surface area contributed by atoms with Crippen LogP contribution in [0.3, 0.4) is 0 Å². The average molecular weight is 518 g/mol. The van der Waals surface area contributed by atoms with E-state index in [1.54, 1.807) is 24.0 Å². The van der Waals surface area contributed by atoms with Crippen LogP contribution in [0.25, 0.3) is 16.6 Å². The molecular weight excluding hydrogens is 485 g/mol. The monoisotopic (exact) mass is 517 g/mol. The highest BCUT2D eigenvalue weighted by Gasteiger charge is 2.19. The molecule has 1 atom stereocenters. The normalized spacial score (nSPS) is 15.8. The summed E-state index contributed by atoms with van der Waals surface area (Å²) in [6, 6.07) is 6.88. The van der Waals surface area contributed by atoms with E-state index in [2.05, 4.69) is 25.7 Å². The second-order valence-corrected chi connectivity index (χ2v) is 9.49. The fraction of sp³-hybridized carbons (Fsp3) is 0.321. The van der Waals surface area contributed by atoms with Crippen molar-refractivity contribution in [1.82, 2.24) is 19.9 Å². The predicted octanol–water partition coefficient (Wildman–Crippen LogP) is 4.32. The van der Waals surface area contributed by atoms with Crippen LogP contribution in [0.1, 0.15) is 36.5 Å². The van der Waals surface area contributed by atoms with Gasteiger partial charge in [0.25, 0.3) is 0 Å². The molecule has 3 aromatic heterocycles. The molecule has 0 amide bonds. The van der Waals surface area contributed by atoms with E-state index in [0.717, 1.165) is 47.3 Å². The number of aromatic nitrogens is 3. The summed E-state index contributed by atoms with van der Waals surface area (Å²) in [7, 11) is 1.60. The first-order valence-corrected chi connectivity index (χ1v) is 12.7. The number of ether oxygens (including phenoxy) is 1. The van der Waals surface area contributed by atoms with Crippen LogP contribution < -0.4 is 21.1 Å². The molecule has 0 radical (unpaired) electrons. The van der Waals surface area contributed by atoms with Gasteiger partial charge in [0.2, 0.25) is 5.88 Å². The fourth-order valence-corrected chi connectivity index (χ4v) is 4.86. The van der Waals surface area contributed by atoms with Crippen LogP contribution >= 0.6 is 0 Å². The number of hydrogen-bond donors (Lipinski definition) is 4. The summed E-state index contributed by atoms with van der Waals surface area (Å²) in [6.45, 7) is 5.63. The van der Waals surface area contributed by atoms with Crippen LogP contribution in [0, 0.1) is 12.7 Å². The number of aliphatic imine (C=N–C) groups is 1. The Morgan fingerprint density at radius 1 is 1.32 bits per heavy atom. The number of phenolic OH excluding ortho intramolecular Hbond substituents is 1. The summed E-state index contributed by atoms with van der Waals surface area (Å²) in [5.74, 6) is -0.389. The number of hydrogen-bond acceptors (Lipinski definition) is 7. The molecule has 10 heteroatoms. The van der Waals surface area contributed by atoms with Crippen molar-refractivity contribution in [2.75, 3.05) is 25.5 Å². The van der Waals surface area contributed by atoms with Gasteiger partial charge in [-0.05, 0) is 56.0 Å². The van der Waals surface area contributed by atoms with Crippen molar-refractivity contribution in [3.63, 3.8) is 0 Å². The van der Waals surface area contributed by atoms with Gasteiger partial charge in [-0.2, -0.15) is 5.10 Å². The molecule has 5 N–H and O–H groups in total. The van der Waals surface area contributed by atoms with Gasteiger partial charge < -0.3 is 26.2 Å². The third-order valence-electron chi connectivity index (χ3n) is 6.98. The van der Waals surface area contributed by atoms with Gasteiger partial charge in [-0.1, -0.05) is 6.92 Å². The van der Waals surface area contributed by atoms with Gasteiger partial charge in [0.05, 0.1) is 35.8 Å². The highest BCUT2D eigenvalue weighted by molar-refractivity contribution is 6.06. The van der Waals surface area contributed by atoms with Crippen molar-refractivity contribution < 1.29 is 14.2 Å². The third-order valence-corrected chi connectivity index (χ3v) is 6.98. The molecule has 1 aliphatic heterocycles. The van der Waals surface area contributed by atoms with Gasteiger partial charge in [-0.3, -0.25) is 0 Å². The van der Waals surface area contributed by atoms with Gasteiger partial charge >= 0.3 is 0 Å². The molecule has 0 unspecified atom stereocenters. The first-order chi connectivity index (χ1) is 18.4. The van der Waals surface area contributed by atoms with Gasteiger partial charge in [0.15, 0.2) is 11.6 Å². The molecule has 0 bridgehead atoms. The molecule has 38 heavy (non-hydrogen) atoms. The largest absolute Gasteiger partial charge is 0.505 e. The maximum Gasteiger partial charge on any atom is 0.213 e. The molecule has 9 nitrogen and oxygen atoms in total. The number of methoxy groups -OCH3 is 1. The summed E-state index contributed by atoms with van der Waals surface area (Å²) in [5.41, 5.74) is 12.8. The molecule has 4 heterocycles. The number of rotatable bonds is 8. The second kappa shape index (κ2) is 10.7. The lowest BCUT2D eigenvalue weighted by molar-refractivity contribution is 0.397. The SMILES string of the molecule is CCc1cc(O)c(F)cc1/N=C(\N)c1cnn2cc(-c3cnc(OC)cc3C)cc2c1NC[C@H]1CCCN1. The summed E-state index contributed by atoms with van der Waals surface area (Å²) >= 11 is 0. The Morgan fingerprint density at radius 2 is 2.16 bits per heavy atom. The number of aromatic hydroxyl groups is 1. The van der Waals surface area contributed by atoms with Gasteiger partial charge in [-0.25, -0.2) is 18.9 Å². The number of benzene rings is 1. The fourth-order valence-electron chi connectivity index (χ4n) is 4.86. The number of amidine groups is 1. The van der Waals surface area contributed by atoms with Crippen LogP contribution in [-0.2, 0) is 6.42 Å². The number of nitrogens with two attached hydrogens (primary N) is 1. The Morgan fingerprint density at radius 3 is 2.87 bits per heavy atom. The maximum absolute atomic E-state index is 14.2. The molecule has 4 aromatic rings. The molecular formula is C28H32FN7O2. The standard InChI is InChI=1S/C28H32FN7O2/c1-4-17-10-25(37)22(29)11-23(17)35-28(30)21-14-34-36-15-18(20-13-32-26(38-3)8-16(20)2)9-24(36)27(21)33-12-19-6-5-7-31-19/h8-11,13-15,19,31,33,37H,4-7,12H2,1-3H3,(H2,30,35)/t19-/m1/s1. The average Bonchev–Trinajstić information content (AvgIpc) is 3.59. The molecule has 1 aromatic carbocycles. The smallest absolute Gasteiger partial charge is 0.213 e. The molecule has 5 rings (SSSR count). The summed E-state index contributed by atoms with van der Waals surface area (Å²) in [6.07, 6.45) is 8.20. The number of fused-ring (bicyclic) bond motifs is 1. The van der Waals surface area contributed by atoms with Crippen LogP contribution in [-0.4, -0.2) is 51.8 Å². The van der Waals surface area contributed by atoms with Crippen molar-refractivity contribution >= 4 is 22.7 Å². The number of pyridine rings is 1. The molecule has 0 aliphatic carbocycles. The van der Waals surface area contributed by atoms with Crippen LogP contribution in [0.4, 0.5) is 15.8 Å². The first-order valence-electron chi connectivity index (χ1n) is 12.7. The quantitative estimate of drug-likeness (QED) is 0.203. The van der Waals surface area contributed by atoms with E-state index in [1.165, 1.54) is 12.1 Å².